The highest BCUT2D eigenvalue weighted by molar-refractivity contribution is 7.90. The van der Waals surface area contributed by atoms with E-state index in [4.69, 9.17) is 4.74 Å². The summed E-state index contributed by atoms with van der Waals surface area (Å²) < 4.78 is 44.0. The molecule has 0 aromatic heterocycles. The van der Waals surface area contributed by atoms with E-state index < -0.39 is 9.84 Å². The molecule has 1 atom stereocenters. The molecule has 9 heteroatoms. The van der Waals surface area contributed by atoms with Crippen molar-refractivity contribution < 1.29 is 22.3 Å². The van der Waals surface area contributed by atoms with Crippen molar-refractivity contribution in [3.63, 3.8) is 0 Å². The van der Waals surface area contributed by atoms with Crippen molar-refractivity contribution in [1.29, 1.82) is 0 Å². The highest BCUT2D eigenvalue weighted by atomic mass is 32.2. The van der Waals surface area contributed by atoms with Gasteiger partial charge in [-0.25, -0.2) is 12.8 Å². The minimum Gasteiger partial charge on any atom is -0.494 e. The molecule has 0 bridgehead atoms. The Morgan fingerprint density at radius 3 is 2.69 bits per heavy atom. The third-order valence-electron chi connectivity index (χ3n) is 7.11. The largest absolute Gasteiger partial charge is 0.494 e. The van der Waals surface area contributed by atoms with E-state index in [1.54, 1.807) is 17.0 Å². The summed E-state index contributed by atoms with van der Waals surface area (Å²) in [6.07, 6.45) is 4.82. The van der Waals surface area contributed by atoms with Gasteiger partial charge in [-0.15, -0.1) is 0 Å². The minimum absolute atomic E-state index is 0.114. The summed E-state index contributed by atoms with van der Waals surface area (Å²) in [6, 6.07) is 10.8. The van der Waals surface area contributed by atoms with E-state index in [0.717, 1.165) is 30.6 Å². The first-order valence-electron chi connectivity index (χ1n) is 12.7. The summed E-state index contributed by atoms with van der Waals surface area (Å²) in [6.45, 7) is 5.06. The fraction of sp³-hybridized carbons (Fsp3) is 0.519. The van der Waals surface area contributed by atoms with E-state index >= 15 is 4.39 Å². The smallest absolute Gasteiger partial charge is 0.258 e. The molecule has 7 nitrogen and oxygen atoms in total. The van der Waals surface area contributed by atoms with Crippen LogP contribution in [0.3, 0.4) is 0 Å². The molecule has 0 saturated carbocycles. The first-order chi connectivity index (χ1) is 17.2. The molecular formula is C27H36FN3O4S. The lowest BCUT2D eigenvalue weighted by Gasteiger charge is -2.30. The van der Waals surface area contributed by atoms with Gasteiger partial charge in [0.15, 0.2) is 0 Å². The Hall–Kier alpha value is -2.65. The molecule has 1 amide bonds. The van der Waals surface area contributed by atoms with Gasteiger partial charge >= 0.3 is 0 Å². The Balaban J connectivity index is 1.41. The second-order valence-corrected chi connectivity index (χ2v) is 12.1. The van der Waals surface area contributed by atoms with Crippen molar-refractivity contribution in [2.45, 2.75) is 38.6 Å². The number of fused-ring (bicyclic) bond motifs is 1. The second kappa shape index (κ2) is 11.2. The van der Waals surface area contributed by atoms with Crippen LogP contribution >= 0.6 is 0 Å². The van der Waals surface area contributed by atoms with Crippen LogP contribution in [0.5, 0.6) is 5.75 Å². The maximum Gasteiger partial charge on any atom is 0.258 e. The van der Waals surface area contributed by atoms with Crippen LogP contribution < -0.4 is 14.5 Å². The summed E-state index contributed by atoms with van der Waals surface area (Å²) in [5.74, 6) is 0.413. The number of carbonyl (C=O) groups excluding carboxylic acids is 1. The lowest BCUT2D eigenvalue weighted by molar-refractivity contribution is 0.0980. The topological polar surface area (TPSA) is 70.2 Å². The molecule has 0 radical (unpaired) electrons. The number of carbonyl (C=O) groups is 1. The summed E-state index contributed by atoms with van der Waals surface area (Å²) in [5.41, 5.74) is 2.66. The average Bonchev–Trinajstić information content (AvgIpc) is 3.32. The zero-order valence-electron chi connectivity index (χ0n) is 21.4. The lowest BCUT2D eigenvalue weighted by atomic mass is 9.98. The van der Waals surface area contributed by atoms with Gasteiger partial charge in [0.1, 0.15) is 21.4 Å². The molecule has 0 spiro atoms. The van der Waals surface area contributed by atoms with Crippen molar-refractivity contribution in [2.24, 2.45) is 0 Å². The fourth-order valence-corrected chi connectivity index (χ4v) is 5.49. The lowest BCUT2D eigenvalue weighted by Crippen LogP contribution is -2.38. The van der Waals surface area contributed by atoms with Crippen LogP contribution in [0, 0.1) is 5.82 Å². The average molecular weight is 518 g/mol. The zero-order valence-corrected chi connectivity index (χ0v) is 22.2. The van der Waals surface area contributed by atoms with Gasteiger partial charge in [-0.2, -0.15) is 0 Å². The SMILES string of the molecule is CCCCOc1ccc2c(c1)CCN(c1ccc(N3CC[C@@H](N(C)CCS(C)(=O)=O)C3)c(F)c1)C2=O. The second-order valence-electron chi connectivity index (χ2n) is 9.86. The number of nitrogens with zero attached hydrogens (tertiary/aromatic N) is 3. The van der Waals surface area contributed by atoms with Crippen molar-refractivity contribution in [3.05, 3.63) is 53.3 Å². The molecule has 2 aromatic rings. The molecule has 1 saturated heterocycles. The maximum atomic E-state index is 15.2. The number of sulfone groups is 1. The molecule has 2 aromatic carbocycles. The number of rotatable bonds is 10. The van der Waals surface area contributed by atoms with Gasteiger partial charge in [-0.05, 0) is 68.3 Å². The van der Waals surface area contributed by atoms with Gasteiger partial charge in [0.05, 0.1) is 18.0 Å². The number of halogens is 1. The number of hydrogen-bond acceptors (Lipinski definition) is 6. The first kappa shape index (κ1) is 26.4. The van der Waals surface area contributed by atoms with E-state index in [0.29, 0.717) is 56.1 Å². The fourth-order valence-electron chi connectivity index (χ4n) is 4.87. The third kappa shape index (κ3) is 6.18. The molecule has 36 heavy (non-hydrogen) atoms. The van der Waals surface area contributed by atoms with Gasteiger partial charge in [-0.3, -0.25) is 4.79 Å². The van der Waals surface area contributed by atoms with Gasteiger partial charge in [-0.1, -0.05) is 13.3 Å². The third-order valence-corrected chi connectivity index (χ3v) is 8.03. The first-order valence-corrected chi connectivity index (χ1v) is 14.7. The molecule has 2 aliphatic heterocycles. The van der Waals surface area contributed by atoms with Crippen LogP contribution in [-0.2, 0) is 16.3 Å². The Bertz CT molecular complexity index is 1200. The van der Waals surface area contributed by atoms with Gasteiger partial charge in [0.2, 0.25) is 0 Å². The van der Waals surface area contributed by atoms with E-state index in [1.165, 1.54) is 12.3 Å². The van der Waals surface area contributed by atoms with Crippen LogP contribution in [0.15, 0.2) is 36.4 Å². The van der Waals surface area contributed by atoms with Crippen molar-refractivity contribution in [2.75, 3.05) is 61.6 Å². The van der Waals surface area contributed by atoms with Gasteiger partial charge in [0.25, 0.3) is 5.91 Å². The zero-order chi connectivity index (χ0) is 25.9. The van der Waals surface area contributed by atoms with E-state index in [9.17, 15) is 13.2 Å². The molecule has 0 aliphatic carbocycles. The molecule has 4 rings (SSSR count). The Kier molecular flexibility index (Phi) is 8.20. The number of ether oxygens (including phenoxy) is 1. The molecule has 1 fully saturated rings. The highest BCUT2D eigenvalue weighted by Gasteiger charge is 2.30. The number of unbranched alkanes of at least 4 members (excludes halogenated alkanes) is 1. The van der Waals surface area contributed by atoms with Crippen LogP contribution in [0.1, 0.15) is 42.1 Å². The number of likely N-dealkylation sites (N-methyl/N-ethyl adjacent to an activating group) is 1. The van der Waals surface area contributed by atoms with E-state index in [1.807, 2.05) is 35.0 Å². The predicted molar refractivity (Wildman–Crippen MR) is 142 cm³/mol. The van der Waals surface area contributed by atoms with Crippen molar-refractivity contribution >= 4 is 27.1 Å². The Labute approximate surface area is 213 Å². The summed E-state index contributed by atoms with van der Waals surface area (Å²) >= 11 is 0. The molecule has 0 N–H and O–H groups in total. The van der Waals surface area contributed by atoms with Crippen molar-refractivity contribution in [3.8, 4) is 5.75 Å². The van der Waals surface area contributed by atoms with Gasteiger partial charge < -0.3 is 19.4 Å². The molecule has 2 aliphatic rings. The van der Waals surface area contributed by atoms with E-state index in [-0.39, 0.29) is 23.5 Å². The van der Waals surface area contributed by atoms with Crippen LogP contribution in [0.4, 0.5) is 15.8 Å². The molecule has 196 valence electrons. The molecule has 0 unspecified atom stereocenters. The number of amides is 1. The maximum absolute atomic E-state index is 15.2. The number of hydrogen-bond donors (Lipinski definition) is 0. The number of anilines is 2. The van der Waals surface area contributed by atoms with Crippen LogP contribution in [0.2, 0.25) is 0 Å². The minimum atomic E-state index is -3.02. The van der Waals surface area contributed by atoms with Gasteiger partial charge in [0, 0.05) is 49.7 Å². The quantitative estimate of drug-likeness (QED) is 0.447. The monoisotopic (exact) mass is 517 g/mol. The normalized spacial score (nSPS) is 18.1. The predicted octanol–water partition coefficient (Wildman–Crippen LogP) is 3.76. The molecular weight excluding hydrogens is 481 g/mol. The van der Waals surface area contributed by atoms with Crippen LogP contribution in [-0.4, -0.2) is 77.1 Å². The summed E-state index contributed by atoms with van der Waals surface area (Å²) in [4.78, 5) is 18.9. The summed E-state index contributed by atoms with van der Waals surface area (Å²) in [7, 11) is -1.11. The highest BCUT2D eigenvalue weighted by Crippen LogP contribution is 2.32. The van der Waals surface area contributed by atoms with Crippen LogP contribution in [0.25, 0.3) is 0 Å². The van der Waals surface area contributed by atoms with Crippen molar-refractivity contribution in [1.82, 2.24) is 4.90 Å². The molecule has 2 heterocycles. The Morgan fingerprint density at radius 2 is 1.97 bits per heavy atom. The standard InChI is InChI=1S/C27H36FN3O4S/c1-4-5-15-35-23-7-8-24-20(17-23)10-13-31(27(24)32)21-6-9-26(25(28)18-21)30-12-11-22(19-30)29(2)14-16-36(3,33)34/h6-9,17-18,22H,4-5,10-16,19H2,1-3H3/t22-/m1/s1. The Morgan fingerprint density at radius 1 is 1.17 bits per heavy atom. The van der Waals surface area contributed by atoms with E-state index in [2.05, 4.69) is 6.92 Å². The summed E-state index contributed by atoms with van der Waals surface area (Å²) in [5, 5.41) is 0. The number of benzene rings is 2.